The van der Waals surface area contributed by atoms with Crippen LogP contribution in [0.1, 0.15) is 51.5 Å². The standard InChI is InChI=1S/C27H37N5O10/c1-27(2,3)31-26(39)42-17(16-8-5-4-6-9-16)10-7-13-40-25(38)29-15-20(34)28-14-18-21(35)22(36)23(41-18)32-12-11-19(33)30-24(32)37/h4-6,8-9,11-12,17-18,21-23,35-36H,7,10,13-15H2,1-3H3,(H,28,34)(H,29,38)(H,31,39)(H,30,33,37). The number of nitrogens with zero attached hydrogens (tertiary/aromatic N) is 1. The average molecular weight is 592 g/mol. The molecule has 5 unspecified atom stereocenters. The molecule has 1 saturated heterocycles. The summed E-state index contributed by atoms with van der Waals surface area (Å²) in [5.74, 6) is -0.621. The van der Waals surface area contributed by atoms with E-state index in [1.54, 1.807) is 0 Å². The first-order chi connectivity index (χ1) is 19.8. The predicted molar refractivity (Wildman–Crippen MR) is 147 cm³/mol. The van der Waals surface area contributed by atoms with Crippen LogP contribution < -0.4 is 27.2 Å². The Morgan fingerprint density at radius 3 is 2.43 bits per heavy atom. The maximum absolute atomic E-state index is 12.3. The van der Waals surface area contributed by atoms with E-state index in [2.05, 4.69) is 16.0 Å². The number of aliphatic hydroxyl groups excluding tert-OH is 2. The van der Waals surface area contributed by atoms with Crippen molar-refractivity contribution in [2.45, 2.75) is 69.8 Å². The number of carbonyl (C=O) groups is 3. The van der Waals surface area contributed by atoms with Crippen molar-refractivity contribution >= 4 is 18.1 Å². The van der Waals surface area contributed by atoms with E-state index in [1.807, 2.05) is 56.1 Å². The predicted octanol–water partition coefficient (Wildman–Crippen LogP) is 0.0444. The molecule has 1 fully saturated rings. The van der Waals surface area contributed by atoms with Gasteiger partial charge in [0.15, 0.2) is 6.23 Å². The highest BCUT2D eigenvalue weighted by molar-refractivity contribution is 5.82. The van der Waals surface area contributed by atoms with Crippen molar-refractivity contribution in [2.24, 2.45) is 0 Å². The molecule has 2 heterocycles. The molecule has 2 aromatic rings. The Kier molecular flexibility index (Phi) is 11.2. The van der Waals surface area contributed by atoms with Crippen LogP contribution in [0.25, 0.3) is 0 Å². The van der Waals surface area contributed by atoms with Crippen molar-refractivity contribution in [2.75, 3.05) is 19.7 Å². The van der Waals surface area contributed by atoms with E-state index >= 15 is 0 Å². The molecule has 0 spiro atoms. The summed E-state index contributed by atoms with van der Waals surface area (Å²) in [4.78, 5) is 61.8. The van der Waals surface area contributed by atoms with E-state index in [0.29, 0.717) is 12.8 Å². The summed E-state index contributed by atoms with van der Waals surface area (Å²) < 4.78 is 17.1. The number of amides is 3. The van der Waals surface area contributed by atoms with Crippen LogP contribution in [0.15, 0.2) is 52.2 Å². The summed E-state index contributed by atoms with van der Waals surface area (Å²) in [6, 6.07) is 10.2. The second-order valence-electron chi connectivity index (χ2n) is 10.7. The molecule has 15 heteroatoms. The van der Waals surface area contributed by atoms with Gasteiger partial charge in [0, 0.05) is 24.3 Å². The summed E-state index contributed by atoms with van der Waals surface area (Å²) in [5.41, 5.74) is -1.14. The largest absolute Gasteiger partial charge is 0.450 e. The van der Waals surface area contributed by atoms with Gasteiger partial charge in [-0.1, -0.05) is 30.3 Å². The molecule has 0 saturated carbocycles. The van der Waals surface area contributed by atoms with Crippen molar-refractivity contribution < 1.29 is 38.8 Å². The Hall–Kier alpha value is -4.21. The van der Waals surface area contributed by atoms with Crippen LogP contribution in [0.2, 0.25) is 0 Å². The van der Waals surface area contributed by atoms with E-state index in [0.717, 1.165) is 22.4 Å². The van der Waals surface area contributed by atoms with Gasteiger partial charge in [-0.2, -0.15) is 0 Å². The number of aromatic nitrogens is 2. The minimum absolute atomic E-state index is 0.00649. The molecule has 6 N–H and O–H groups in total. The lowest BCUT2D eigenvalue weighted by Crippen LogP contribution is -2.43. The summed E-state index contributed by atoms with van der Waals surface area (Å²) in [5, 5.41) is 28.0. The number of aliphatic hydroxyl groups is 2. The van der Waals surface area contributed by atoms with Crippen molar-refractivity contribution in [1.29, 1.82) is 0 Å². The van der Waals surface area contributed by atoms with Crippen molar-refractivity contribution in [3.05, 3.63) is 69.0 Å². The van der Waals surface area contributed by atoms with Gasteiger partial charge in [-0.3, -0.25) is 19.1 Å². The number of aromatic amines is 1. The third kappa shape index (κ3) is 9.71. The van der Waals surface area contributed by atoms with Crippen LogP contribution in [-0.2, 0) is 19.0 Å². The van der Waals surface area contributed by atoms with Crippen LogP contribution >= 0.6 is 0 Å². The van der Waals surface area contributed by atoms with E-state index < -0.39 is 72.1 Å². The molecule has 0 bridgehead atoms. The number of benzene rings is 1. The van der Waals surface area contributed by atoms with Gasteiger partial charge in [0.25, 0.3) is 5.56 Å². The first-order valence-electron chi connectivity index (χ1n) is 13.4. The molecule has 42 heavy (non-hydrogen) atoms. The average Bonchev–Trinajstić information content (AvgIpc) is 3.20. The smallest absolute Gasteiger partial charge is 0.408 e. The molecular formula is C27H37N5O10. The lowest BCUT2D eigenvalue weighted by atomic mass is 10.1. The van der Waals surface area contributed by atoms with Gasteiger partial charge in [-0.15, -0.1) is 0 Å². The maximum Gasteiger partial charge on any atom is 0.408 e. The lowest BCUT2D eigenvalue weighted by Gasteiger charge is -2.24. The van der Waals surface area contributed by atoms with Gasteiger partial charge >= 0.3 is 17.9 Å². The summed E-state index contributed by atoms with van der Waals surface area (Å²) >= 11 is 0. The molecule has 3 rings (SSSR count). The third-order valence-electron chi connectivity index (χ3n) is 6.10. The molecule has 0 radical (unpaired) electrons. The van der Waals surface area contributed by atoms with Gasteiger partial charge in [0.2, 0.25) is 5.91 Å². The quantitative estimate of drug-likeness (QED) is 0.193. The first kappa shape index (κ1) is 32.3. The van der Waals surface area contributed by atoms with E-state index in [9.17, 15) is 34.2 Å². The second kappa shape index (κ2) is 14.6. The molecule has 0 aliphatic carbocycles. The Morgan fingerprint density at radius 1 is 1.05 bits per heavy atom. The van der Waals surface area contributed by atoms with E-state index in [4.69, 9.17) is 14.2 Å². The minimum atomic E-state index is -1.50. The number of H-pyrrole nitrogens is 1. The van der Waals surface area contributed by atoms with Crippen molar-refractivity contribution in [3.8, 4) is 0 Å². The molecule has 1 aromatic carbocycles. The fourth-order valence-corrected chi connectivity index (χ4v) is 4.10. The molecule has 1 aromatic heterocycles. The maximum atomic E-state index is 12.3. The molecule has 15 nitrogen and oxygen atoms in total. The Balaban J connectivity index is 1.38. The van der Waals surface area contributed by atoms with Gasteiger partial charge in [0.05, 0.1) is 13.2 Å². The number of ether oxygens (including phenoxy) is 3. The normalized spacial score (nSPS) is 20.8. The molecule has 3 amide bonds. The molecule has 5 atom stereocenters. The Bertz CT molecular complexity index is 1320. The van der Waals surface area contributed by atoms with Gasteiger partial charge < -0.3 is 40.4 Å². The topological polar surface area (TPSA) is 210 Å². The monoisotopic (exact) mass is 591 g/mol. The molecule has 1 aliphatic rings. The van der Waals surface area contributed by atoms with Gasteiger partial charge in [-0.05, 0) is 39.2 Å². The number of nitrogens with one attached hydrogen (secondary N) is 4. The minimum Gasteiger partial charge on any atom is -0.450 e. The number of hydrogen-bond donors (Lipinski definition) is 6. The van der Waals surface area contributed by atoms with E-state index in [-0.39, 0.29) is 13.2 Å². The summed E-state index contributed by atoms with van der Waals surface area (Å²) in [7, 11) is 0. The highest BCUT2D eigenvalue weighted by Crippen LogP contribution is 2.28. The van der Waals surface area contributed by atoms with Gasteiger partial charge in [-0.25, -0.2) is 14.4 Å². The Labute approximate surface area is 241 Å². The van der Waals surface area contributed by atoms with Crippen LogP contribution in [0.3, 0.4) is 0 Å². The summed E-state index contributed by atoms with van der Waals surface area (Å²) in [6.07, 6.45) is -5.35. The zero-order valence-electron chi connectivity index (χ0n) is 23.6. The van der Waals surface area contributed by atoms with Crippen LogP contribution in [0.5, 0.6) is 0 Å². The fourth-order valence-electron chi connectivity index (χ4n) is 4.10. The highest BCUT2D eigenvalue weighted by atomic mass is 16.6. The van der Waals surface area contributed by atoms with E-state index in [1.165, 1.54) is 0 Å². The van der Waals surface area contributed by atoms with Crippen molar-refractivity contribution in [1.82, 2.24) is 25.5 Å². The molecule has 230 valence electrons. The fraction of sp³-hybridized carbons (Fsp3) is 0.519. The second-order valence-corrected chi connectivity index (χ2v) is 10.7. The Morgan fingerprint density at radius 2 is 1.76 bits per heavy atom. The van der Waals surface area contributed by atoms with Crippen LogP contribution in [0, 0.1) is 0 Å². The zero-order valence-corrected chi connectivity index (χ0v) is 23.6. The summed E-state index contributed by atoms with van der Waals surface area (Å²) in [6.45, 7) is 4.85. The van der Waals surface area contributed by atoms with Crippen LogP contribution in [-0.4, -0.2) is 81.4 Å². The van der Waals surface area contributed by atoms with Crippen molar-refractivity contribution in [3.63, 3.8) is 0 Å². The van der Waals surface area contributed by atoms with Crippen LogP contribution in [0.4, 0.5) is 9.59 Å². The molecule has 1 aliphatic heterocycles. The molecular weight excluding hydrogens is 554 g/mol. The number of alkyl carbamates (subject to hydrolysis) is 2. The SMILES string of the molecule is CC(C)(C)NC(=O)OC(CCCOC(=O)NCC(=O)NCC1OC(n2ccc(=O)[nH]c2=O)C(O)C1O)c1ccccc1. The number of rotatable bonds is 11. The first-order valence-corrected chi connectivity index (χ1v) is 13.4. The lowest BCUT2D eigenvalue weighted by molar-refractivity contribution is -0.121. The number of carbonyl (C=O) groups excluding carboxylic acids is 3. The zero-order chi connectivity index (χ0) is 30.9. The highest BCUT2D eigenvalue weighted by Gasteiger charge is 2.44. The third-order valence-corrected chi connectivity index (χ3v) is 6.10. The number of hydrogen-bond acceptors (Lipinski definition) is 10. The van der Waals surface area contributed by atoms with Gasteiger partial charge in [0.1, 0.15) is 24.4 Å².